The third kappa shape index (κ3) is 2.85. The summed E-state index contributed by atoms with van der Waals surface area (Å²) >= 11 is 12.1. The molecule has 0 radical (unpaired) electrons. The van der Waals surface area contributed by atoms with Gasteiger partial charge in [0.1, 0.15) is 0 Å². The van der Waals surface area contributed by atoms with E-state index >= 15 is 0 Å². The fourth-order valence-electron chi connectivity index (χ4n) is 1.75. The first kappa shape index (κ1) is 11.2. The lowest BCUT2D eigenvalue weighted by Gasteiger charge is -2.17. The lowest BCUT2D eigenvalue weighted by atomic mass is 10.0. The molecule has 0 heterocycles. The average molecular weight is 245 g/mol. The van der Waals surface area contributed by atoms with Gasteiger partial charge >= 0.3 is 0 Å². The normalized spacial score (nSPS) is 17.8. The summed E-state index contributed by atoms with van der Waals surface area (Å²) in [5.41, 5.74) is 3.81. The Kier molecular flexibility index (Phi) is 3.52. The van der Waals surface area contributed by atoms with E-state index in [0.717, 1.165) is 22.9 Å². The first-order valence-electron chi connectivity index (χ1n) is 5.12. The largest absolute Gasteiger partial charge is 0.271 e. The van der Waals surface area contributed by atoms with E-state index in [-0.39, 0.29) is 6.04 Å². The Balaban J connectivity index is 2.19. The second-order valence-corrected chi connectivity index (χ2v) is 4.91. The summed E-state index contributed by atoms with van der Waals surface area (Å²) < 4.78 is 0. The van der Waals surface area contributed by atoms with Crippen LogP contribution < -0.4 is 11.3 Å². The van der Waals surface area contributed by atoms with Gasteiger partial charge in [-0.15, -0.1) is 0 Å². The van der Waals surface area contributed by atoms with Gasteiger partial charge in [0.2, 0.25) is 0 Å². The summed E-state index contributed by atoms with van der Waals surface area (Å²) in [6, 6.07) is 5.61. The average Bonchev–Trinajstić information content (AvgIpc) is 3.02. The monoisotopic (exact) mass is 244 g/mol. The number of nitrogens with two attached hydrogens (primary N) is 1. The van der Waals surface area contributed by atoms with Crippen molar-refractivity contribution in [2.45, 2.75) is 25.3 Å². The third-order valence-corrected chi connectivity index (χ3v) is 3.38. The zero-order chi connectivity index (χ0) is 10.8. The topological polar surface area (TPSA) is 38.0 Å². The molecule has 1 aromatic carbocycles. The van der Waals surface area contributed by atoms with Crippen LogP contribution in [0.2, 0.25) is 10.0 Å². The molecule has 1 saturated carbocycles. The Morgan fingerprint density at radius 1 is 1.40 bits per heavy atom. The van der Waals surface area contributed by atoms with Crippen LogP contribution in [0.4, 0.5) is 0 Å². The molecule has 4 heteroatoms. The van der Waals surface area contributed by atoms with E-state index in [2.05, 4.69) is 5.43 Å². The van der Waals surface area contributed by atoms with Crippen LogP contribution in [-0.2, 0) is 0 Å². The lowest BCUT2D eigenvalue weighted by Crippen LogP contribution is -2.28. The van der Waals surface area contributed by atoms with E-state index in [4.69, 9.17) is 29.0 Å². The minimum atomic E-state index is 0.115. The molecule has 0 saturated heterocycles. The van der Waals surface area contributed by atoms with Crippen LogP contribution in [0.25, 0.3) is 0 Å². The van der Waals surface area contributed by atoms with E-state index < -0.39 is 0 Å². The van der Waals surface area contributed by atoms with Crippen molar-refractivity contribution in [1.29, 1.82) is 0 Å². The van der Waals surface area contributed by atoms with Crippen LogP contribution in [-0.4, -0.2) is 0 Å². The highest BCUT2D eigenvalue weighted by Gasteiger charge is 2.26. The molecule has 0 bridgehead atoms. The molecular formula is C11H14Cl2N2. The van der Waals surface area contributed by atoms with Gasteiger partial charge in [0.15, 0.2) is 0 Å². The molecule has 3 N–H and O–H groups in total. The smallest absolute Gasteiger partial charge is 0.0477 e. The van der Waals surface area contributed by atoms with Crippen LogP contribution in [0.3, 0.4) is 0 Å². The predicted octanol–water partition coefficient (Wildman–Crippen LogP) is 3.30. The summed E-state index contributed by atoms with van der Waals surface area (Å²) in [6.07, 6.45) is 3.64. The number of nitrogens with one attached hydrogen (secondary N) is 1. The molecule has 0 spiro atoms. The number of benzene rings is 1. The summed E-state index contributed by atoms with van der Waals surface area (Å²) in [5, 5.41) is 1.42. The van der Waals surface area contributed by atoms with Crippen molar-refractivity contribution in [3.8, 4) is 0 Å². The van der Waals surface area contributed by atoms with Crippen LogP contribution in [0, 0.1) is 5.92 Å². The number of hydrogen-bond acceptors (Lipinski definition) is 2. The summed E-state index contributed by atoms with van der Waals surface area (Å²) in [7, 11) is 0. The molecule has 0 aliphatic heterocycles. The molecule has 1 unspecified atom stereocenters. The van der Waals surface area contributed by atoms with Crippen molar-refractivity contribution in [3.63, 3.8) is 0 Å². The van der Waals surface area contributed by atoms with Gasteiger partial charge in [-0.1, -0.05) is 36.0 Å². The molecule has 0 aromatic heterocycles. The summed E-state index contributed by atoms with van der Waals surface area (Å²) in [5.74, 6) is 6.34. The molecule has 2 nitrogen and oxygen atoms in total. The van der Waals surface area contributed by atoms with Crippen molar-refractivity contribution >= 4 is 23.2 Å². The molecular weight excluding hydrogens is 231 g/mol. The zero-order valence-electron chi connectivity index (χ0n) is 8.34. The van der Waals surface area contributed by atoms with Gasteiger partial charge in [0.25, 0.3) is 0 Å². The van der Waals surface area contributed by atoms with Gasteiger partial charge in [0, 0.05) is 16.1 Å². The standard InChI is InChI=1S/C11H14Cl2N2/c12-8-3-4-10(13)9(6-8)11(15-14)5-7-1-2-7/h3-4,6-7,11,15H,1-2,5,14H2. The maximum atomic E-state index is 6.12. The van der Waals surface area contributed by atoms with E-state index in [0.29, 0.717) is 5.02 Å². The quantitative estimate of drug-likeness (QED) is 0.631. The Morgan fingerprint density at radius 2 is 2.13 bits per heavy atom. The number of halogens is 2. The SMILES string of the molecule is NNC(CC1CC1)c1cc(Cl)ccc1Cl. The van der Waals surface area contributed by atoms with Gasteiger partial charge in [-0.05, 0) is 36.1 Å². The first-order valence-corrected chi connectivity index (χ1v) is 5.87. The predicted molar refractivity (Wildman–Crippen MR) is 63.9 cm³/mol. The number of hydrazine groups is 1. The van der Waals surface area contributed by atoms with E-state index in [1.165, 1.54) is 12.8 Å². The third-order valence-electron chi connectivity index (χ3n) is 2.80. The van der Waals surface area contributed by atoms with Crippen molar-refractivity contribution in [2.75, 3.05) is 0 Å². The van der Waals surface area contributed by atoms with Crippen LogP contribution >= 0.6 is 23.2 Å². The second kappa shape index (κ2) is 4.71. The molecule has 2 rings (SSSR count). The fraction of sp³-hybridized carbons (Fsp3) is 0.455. The molecule has 1 aliphatic rings. The van der Waals surface area contributed by atoms with Crippen LogP contribution in [0.1, 0.15) is 30.9 Å². The number of hydrogen-bond donors (Lipinski definition) is 2. The molecule has 1 aromatic rings. The van der Waals surface area contributed by atoms with E-state index in [1.54, 1.807) is 6.07 Å². The zero-order valence-corrected chi connectivity index (χ0v) is 9.85. The molecule has 1 aliphatic carbocycles. The van der Waals surface area contributed by atoms with Gasteiger partial charge < -0.3 is 0 Å². The Bertz CT molecular complexity index is 350. The molecule has 0 amide bonds. The Hall–Kier alpha value is -0.280. The summed E-state index contributed by atoms with van der Waals surface area (Å²) in [6.45, 7) is 0. The van der Waals surface area contributed by atoms with Crippen molar-refractivity contribution in [2.24, 2.45) is 11.8 Å². The summed E-state index contributed by atoms with van der Waals surface area (Å²) in [4.78, 5) is 0. The highest BCUT2D eigenvalue weighted by atomic mass is 35.5. The molecule has 1 fully saturated rings. The Morgan fingerprint density at radius 3 is 2.73 bits per heavy atom. The second-order valence-electron chi connectivity index (χ2n) is 4.06. The molecule has 15 heavy (non-hydrogen) atoms. The van der Waals surface area contributed by atoms with Crippen LogP contribution in [0.5, 0.6) is 0 Å². The highest BCUT2D eigenvalue weighted by Crippen LogP contribution is 2.39. The fourth-order valence-corrected chi connectivity index (χ4v) is 2.18. The van der Waals surface area contributed by atoms with Gasteiger partial charge in [-0.2, -0.15) is 0 Å². The van der Waals surface area contributed by atoms with Gasteiger partial charge in [-0.3, -0.25) is 11.3 Å². The van der Waals surface area contributed by atoms with Gasteiger partial charge in [-0.25, -0.2) is 0 Å². The minimum absolute atomic E-state index is 0.115. The van der Waals surface area contributed by atoms with Gasteiger partial charge in [0.05, 0.1) is 0 Å². The maximum absolute atomic E-state index is 6.12. The Labute approximate surface area is 99.7 Å². The lowest BCUT2D eigenvalue weighted by molar-refractivity contribution is 0.487. The van der Waals surface area contributed by atoms with Crippen molar-refractivity contribution in [1.82, 2.24) is 5.43 Å². The highest BCUT2D eigenvalue weighted by molar-refractivity contribution is 6.33. The van der Waals surface area contributed by atoms with E-state index in [9.17, 15) is 0 Å². The maximum Gasteiger partial charge on any atom is 0.0477 e. The number of rotatable bonds is 4. The van der Waals surface area contributed by atoms with E-state index in [1.807, 2.05) is 12.1 Å². The molecule has 1 atom stereocenters. The first-order chi connectivity index (χ1) is 7.20. The molecule has 82 valence electrons. The van der Waals surface area contributed by atoms with Crippen molar-refractivity contribution in [3.05, 3.63) is 33.8 Å². The van der Waals surface area contributed by atoms with Crippen LogP contribution in [0.15, 0.2) is 18.2 Å². The minimum Gasteiger partial charge on any atom is -0.271 e. The van der Waals surface area contributed by atoms with Crippen molar-refractivity contribution < 1.29 is 0 Å².